The van der Waals surface area contributed by atoms with Crippen LogP contribution in [0.25, 0.3) is 0 Å². The Morgan fingerprint density at radius 3 is 2.75 bits per heavy atom. The van der Waals surface area contributed by atoms with Crippen molar-refractivity contribution in [2.24, 2.45) is 11.3 Å². The molecule has 0 aromatic heterocycles. The number of rotatable bonds is 6. The molecule has 0 aromatic carbocycles. The summed E-state index contributed by atoms with van der Waals surface area (Å²) in [7, 11) is 1.79. The molecule has 1 N–H and O–H groups in total. The standard InChI is InChI=1S/C13H26N2O/c1-3-15(8-9-16-2)11-12-10-13(12)4-6-14-7-5-13/h12,14H,3-11H2,1-2H3. The fourth-order valence-corrected chi connectivity index (χ4v) is 3.14. The van der Waals surface area contributed by atoms with Crippen LogP contribution < -0.4 is 5.32 Å². The first-order valence-corrected chi connectivity index (χ1v) is 6.73. The van der Waals surface area contributed by atoms with Gasteiger partial charge in [0.1, 0.15) is 0 Å². The molecule has 1 unspecified atom stereocenters. The van der Waals surface area contributed by atoms with Gasteiger partial charge < -0.3 is 15.0 Å². The van der Waals surface area contributed by atoms with Crippen LogP contribution in [0.1, 0.15) is 26.2 Å². The Balaban J connectivity index is 1.73. The molecule has 1 saturated carbocycles. The third-order valence-electron chi connectivity index (χ3n) is 4.50. The molecular formula is C13H26N2O. The molecule has 94 valence electrons. The quantitative estimate of drug-likeness (QED) is 0.740. The van der Waals surface area contributed by atoms with Gasteiger partial charge in [0.2, 0.25) is 0 Å². The smallest absolute Gasteiger partial charge is 0.0589 e. The van der Waals surface area contributed by atoms with E-state index >= 15 is 0 Å². The molecule has 1 aliphatic carbocycles. The lowest BCUT2D eigenvalue weighted by Crippen LogP contribution is -2.34. The van der Waals surface area contributed by atoms with E-state index in [-0.39, 0.29) is 0 Å². The Kier molecular flexibility index (Phi) is 4.22. The second-order valence-electron chi connectivity index (χ2n) is 5.40. The lowest BCUT2D eigenvalue weighted by atomic mass is 9.92. The van der Waals surface area contributed by atoms with Crippen molar-refractivity contribution < 1.29 is 4.74 Å². The zero-order chi connectivity index (χ0) is 11.4. The van der Waals surface area contributed by atoms with Gasteiger partial charge in [-0.3, -0.25) is 0 Å². The topological polar surface area (TPSA) is 24.5 Å². The summed E-state index contributed by atoms with van der Waals surface area (Å²) in [5, 5.41) is 3.47. The lowest BCUT2D eigenvalue weighted by Gasteiger charge is -2.26. The Morgan fingerprint density at radius 2 is 2.12 bits per heavy atom. The summed E-state index contributed by atoms with van der Waals surface area (Å²) in [5.74, 6) is 0.964. The third kappa shape index (κ3) is 2.76. The number of hydrogen-bond acceptors (Lipinski definition) is 3. The largest absolute Gasteiger partial charge is 0.383 e. The highest BCUT2D eigenvalue weighted by molar-refractivity contribution is 5.05. The van der Waals surface area contributed by atoms with Crippen LogP contribution in [-0.4, -0.2) is 51.3 Å². The monoisotopic (exact) mass is 226 g/mol. The second-order valence-corrected chi connectivity index (χ2v) is 5.40. The van der Waals surface area contributed by atoms with E-state index in [1.165, 1.54) is 38.9 Å². The first kappa shape index (κ1) is 12.3. The molecule has 0 bridgehead atoms. The number of ether oxygens (including phenoxy) is 1. The van der Waals surface area contributed by atoms with E-state index in [0.717, 1.165) is 31.0 Å². The van der Waals surface area contributed by atoms with Crippen molar-refractivity contribution in [3.63, 3.8) is 0 Å². The average molecular weight is 226 g/mol. The molecule has 1 aliphatic heterocycles. The zero-order valence-electron chi connectivity index (χ0n) is 10.8. The van der Waals surface area contributed by atoms with E-state index < -0.39 is 0 Å². The Bertz CT molecular complexity index is 214. The fourth-order valence-electron chi connectivity index (χ4n) is 3.14. The van der Waals surface area contributed by atoms with Crippen LogP contribution in [0.5, 0.6) is 0 Å². The number of nitrogens with zero attached hydrogens (tertiary/aromatic N) is 1. The Labute approximate surface area is 99.5 Å². The van der Waals surface area contributed by atoms with Gasteiger partial charge in [-0.25, -0.2) is 0 Å². The molecule has 0 amide bonds. The van der Waals surface area contributed by atoms with Gasteiger partial charge >= 0.3 is 0 Å². The van der Waals surface area contributed by atoms with Crippen LogP contribution in [-0.2, 0) is 4.74 Å². The Hall–Kier alpha value is -0.120. The first-order valence-electron chi connectivity index (χ1n) is 6.73. The molecule has 1 saturated heterocycles. The first-order chi connectivity index (χ1) is 7.80. The van der Waals surface area contributed by atoms with Gasteiger partial charge in [0.05, 0.1) is 6.61 Å². The second kappa shape index (κ2) is 5.48. The normalized spacial score (nSPS) is 27.6. The van der Waals surface area contributed by atoms with Crippen LogP contribution in [0.15, 0.2) is 0 Å². The maximum absolute atomic E-state index is 5.16. The van der Waals surface area contributed by atoms with Gasteiger partial charge in [-0.05, 0) is 50.2 Å². The summed E-state index contributed by atoms with van der Waals surface area (Å²) in [6.07, 6.45) is 4.27. The molecule has 2 fully saturated rings. The molecule has 1 atom stereocenters. The van der Waals surface area contributed by atoms with Crippen LogP contribution in [0, 0.1) is 11.3 Å². The minimum atomic E-state index is 0.728. The molecule has 16 heavy (non-hydrogen) atoms. The zero-order valence-corrected chi connectivity index (χ0v) is 10.8. The van der Waals surface area contributed by atoms with Gasteiger partial charge in [-0.2, -0.15) is 0 Å². The summed E-state index contributed by atoms with van der Waals surface area (Å²) >= 11 is 0. The predicted molar refractivity (Wildman–Crippen MR) is 66.6 cm³/mol. The summed E-state index contributed by atoms with van der Waals surface area (Å²) in [4.78, 5) is 2.55. The van der Waals surface area contributed by atoms with E-state index in [0.29, 0.717) is 0 Å². The maximum atomic E-state index is 5.16. The van der Waals surface area contributed by atoms with E-state index in [1.807, 2.05) is 0 Å². The van der Waals surface area contributed by atoms with Gasteiger partial charge in [0, 0.05) is 20.2 Å². The van der Waals surface area contributed by atoms with Crippen LogP contribution >= 0.6 is 0 Å². The SMILES string of the molecule is CCN(CCOC)CC1CC12CCNCC2. The van der Waals surface area contributed by atoms with Crippen LogP contribution in [0.3, 0.4) is 0 Å². The van der Waals surface area contributed by atoms with Crippen molar-refractivity contribution in [1.82, 2.24) is 10.2 Å². The molecule has 3 nitrogen and oxygen atoms in total. The highest BCUT2D eigenvalue weighted by Gasteiger charge is 2.53. The maximum Gasteiger partial charge on any atom is 0.0589 e. The van der Waals surface area contributed by atoms with Crippen LogP contribution in [0.4, 0.5) is 0 Å². The minimum Gasteiger partial charge on any atom is -0.383 e. The molecule has 3 heteroatoms. The highest BCUT2D eigenvalue weighted by atomic mass is 16.5. The summed E-state index contributed by atoms with van der Waals surface area (Å²) in [6, 6.07) is 0. The van der Waals surface area contributed by atoms with Gasteiger partial charge in [0.15, 0.2) is 0 Å². The third-order valence-corrected chi connectivity index (χ3v) is 4.50. The molecule has 2 aliphatic rings. The van der Waals surface area contributed by atoms with Gasteiger partial charge in [-0.15, -0.1) is 0 Å². The van der Waals surface area contributed by atoms with E-state index in [4.69, 9.17) is 4.74 Å². The molecule has 1 spiro atoms. The van der Waals surface area contributed by atoms with Crippen molar-refractivity contribution in [3.05, 3.63) is 0 Å². The van der Waals surface area contributed by atoms with Crippen molar-refractivity contribution in [2.75, 3.05) is 46.4 Å². The van der Waals surface area contributed by atoms with Crippen molar-refractivity contribution in [2.45, 2.75) is 26.2 Å². The average Bonchev–Trinajstić information content (AvgIpc) is 2.97. The highest BCUT2D eigenvalue weighted by Crippen LogP contribution is 2.58. The predicted octanol–water partition coefficient (Wildman–Crippen LogP) is 1.34. The molecular weight excluding hydrogens is 200 g/mol. The van der Waals surface area contributed by atoms with Gasteiger partial charge in [0.25, 0.3) is 0 Å². The minimum absolute atomic E-state index is 0.728. The molecule has 0 aromatic rings. The number of nitrogens with one attached hydrogen (secondary N) is 1. The summed E-state index contributed by atoms with van der Waals surface area (Å²) in [5.41, 5.74) is 0.728. The van der Waals surface area contributed by atoms with Crippen molar-refractivity contribution in [3.8, 4) is 0 Å². The number of hydrogen-bond donors (Lipinski definition) is 1. The molecule has 0 radical (unpaired) electrons. The summed E-state index contributed by atoms with van der Waals surface area (Å²) < 4.78 is 5.16. The van der Waals surface area contributed by atoms with E-state index in [2.05, 4.69) is 17.1 Å². The fraction of sp³-hybridized carbons (Fsp3) is 1.00. The Morgan fingerprint density at radius 1 is 1.38 bits per heavy atom. The lowest BCUT2D eigenvalue weighted by molar-refractivity contribution is 0.143. The number of methoxy groups -OCH3 is 1. The van der Waals surface area contributed by atoms with Crippen LogP contribution in [0.2, 0.25) is 0 Å². The molecule has 2 rings (SSSR count). The number of likely N-dealkylation sites (N-methyl/N-ethyl adjacent to an activating group) is 1. The summed E-state index contributed by atoms with van der Waals surface area (Å²) in [6.45, 7) is 9.15. The van der Waals surface area contributed by atoms with E-state index in [9.17, 15) is 0 Å². The van der Waals surface area contributed by atoms with Crippen molar-refractivity contribution in [1.29, 1.82) is 0 Å². The number of piperidine rings is 1. The van der Waals surface area contributed by atoms with Gasteiger partial charge in [-0.1, -0.05) is 6.92 Å². The molecule has 1 heterocycles. The van der Waals surface area contributed by atoms with E-state index in [1.54, 1.807) is 7.11 Å². The van der Waals surface area contributed by atoms with Crippen molar-refractivity contribution >= 4 is 0 Å².